The van der Waals surface area contributed by atoms with E-state index in [1.165, 1.54) is 11.1 Å². The van der Waals surface area contributed by atoms with E-state index in [4.69, 9.17) is 13.3 Å². The van der Waals surface area contributed by atoms with Gasteiger partial charge in [-0.3, -0.25) is 0 Å². The van der Waals surface area contributed by atoms with Crippen LogP contribution in [0.3, 0.4) is 0 Å². The van der Waals surface area contributed by atoms with Gasteiger partial charge in [0.05, 0.1) is 11.4 Å². The lowest BCUT2D eigenvalue weighted by atomic mass is 10.1. The van der Waals surface area contributed by atoms with Crippen molar-refractivity contribution in [2.75, 3.05) is 0 Å². The molecule has 4 nitrogen and oxygen atoms in total. The van der Waals surface area contributed by atoms with E-state index in [1.807, 2.05) is 0 Å². The van der Waals surface area contributed by atoms with Gasteiger partial charge in [0.1, 0.15) is 0 Å². The van der Waals surface area contributed by atoms with Crippen molar-refractivity contribution in [2.45, 2.75) is 19.5 Å². The fourth-order valence-corrected chi connectivity index (χ4v) is 1.49. The number of nitrogens with one attached hydrogen (secondary N) is 1. The smallest absolute Gasteiger partial charge is 0.0814 e. The molecule has 0 fully saturated rings. The molecule has 1 aromatic rings. The molecule has 2 rings (SSSR count). The van der Waals surface area contributed by atoms with Crippen LogP contribution in [0.15, 0.2) is 24.3 Å². The summed E-state index contributed by atoms with van der Waals surface area (Å²) >= 11 is -2.86. The Hall–Kier alpha value is -0.750. The Morgan fingerprint density at radius 3 is 2.71 bits per heavy atom. The van der Waals surface area contributed by atoms with E-state index < -0.39 is 11.4 Å². The summed E-state index contributed by atoms with van der Waals surface area (Å²) < 4.78 is 24.1. The van der Waals surface area contributed by atoms with E-state index in [9.17, 15) is 0 Å². The summed E-state index contributed by atoms with van der Waals surface area (Å²) in [6.07, 6.45) is 0. The molecule has 0 saturated heterocycles. The van der Waals surface area contributed by atoms with Crippen LogP contribution in [0.25, 0.3) is 0 Å². The first kappa shape index (κ1) is 11.3. The fraction of sp³-hybridized carbons (Fsp3) is 0.333. The maximum atomic E-state index is 8.56. The summed E-state index contributed by atoms with van der Waals surface area (Å²) in [7, 11) is 0. The van der Waals surface area contributed by atoms with E-state index in [0.717, 1.165) is 6.54 Å². The van der Waals surface area contributed by atoms with Crippen LogP contribution in [0, 0.1) is 0 Å². The molecule has 0 aliphatic carbocycles. The Balaban J connectivity index is 0.000000213. The minimum Gasteiger partial charge on any atom is -0.750 e. The Labute approximate surface area is 85.5 Å². The Morgan fingerprint density at radius 1 is 1.57 bits per heavy atom. The monoisotopic (exact) mass is 214 g/mol. The quantitative estimate of drug-likeness (QED) is 0.636. The number of rotatable bonds is 0. The van der Waals surface area contributed by atoms with Crippen molar-refractivity contribution in [3.8, 4) is 0 Å². The van der Waals surface area contributed by atoms with Crippen molar-refractivity contribution >= 4 is 11.4 Å². The zero-order valence-electron chi connectivity index (χ0n) is 7.77. The molecule has 5 heteroatoms. The maximum Gasteiger partial charge on any atom is 0.0814 e. The van der Waals surface area contributed by atoms with Crippen LogP contribution >= 0.6 is 0 Å². The highest BCUT2D eigenvalue weighted by atomic mass is 32.2. The highest BCUT2D eigenvalue weighted by Crippen LogP contribution is 2.23. The third-order valence-corrected chi connectivity index (χ3v) is 2.12. The van der Waals surface area contributed by atoms with Gasteiger partial charge < -0.3 is 14.4 Å². The van der Waals surface area contributed by atoms with E-state index >= 15 is 0 Å². The molecule has 2 atom stereocenters. The lowest BCUT2D eigenvalue weighted by molar-refractivity contribution is 0.436. The molecule has 0 amide bonds. The molecular weight excluding hydrogens is 202 g/mol. The third kappa shape index (κ3) is 3.19. The third-order valence-electron chi connectivity index (χ3n) is 2.12. The van der Waals surface area contributed by atoms with Crippen LogP contribution in [0.4, 0.5) is 0 Å². The first-order valence-corrected chi connectivity index (χ1v) is 5.24. The van der Waals surface area contributed by atoms with Crippen molar-refractivity contribution in [3.05, 3.63) is 35.4 Å². The van der Waals surface area contributed by atoms with Gasteiger partial charge in [-0.15, -0.1) is 0 Å². The Bertz CT molecular complexity index is 326. The first-order chi connectivity index (χ1) is 6.61. The van der Waals surface area contributed by atoms with E-state index in [2.05, 4.69) is 36.5 Å². The topological polar surface area (TPSA) is 72.4 Å². The zero-order valence-corrected chi connectivity index (χ0v) is 8.58. The predicted molar refractivity (Wildman–Crippen MR) is 53.2 cm³/mol. The molecule has 0 aromatic heterocycles. The van der Waals surface area contributed by atoms with Crippen LogP contribution in [0.5, 0.6) is 0 Å². The summed E-state index contributed by atoms with van der Waals surface area (Å²) in [4.78, 5) is 0. The summed E-state index contributed by atoms with van der Waals surface area (Å²) in [6.45, 7) is 3.24. The highest BCUT2D eigenvalue weighted by Gasteiger charge is 2.15. The fourth-order valence-electron chi connectivity index (χ4n) is 1.49. The summed E-state index contributed by atoms with van der Waals surface area (Å²) in [5.74, 6) is 0. The van der Waals surface area contributed by atoms with Crippen molar-refractivity contribution in [2.24, 2.45) is 0 Å². The number of fused-ring (bicyclic) bond motifs is 1. The van der Waals surface area contributed by atoms with E-state index in [0.29, 0.717) is 6.04 Å². The van der Waals surface area contributed by atoms with Crippen molar-refractivity contribution in [1.82, 2.24) is 5.32 Å². The average Bonchev–Trinajstić information content (AvgIpc) is 2.48. The van der Waals surface area contributed by atoms with Gasteiger partial charge in [0.25, 0.3) is 0 Å². The van der Waals surface area contributed by atoms with Gasteiger partial charge in [0.2, 0.25) is 0 Å². The molecule has 2 unspecified atom stereocenters. The van der Waals surface area contributed by atoms with Crippen molar-refractivity contribution < 1.29 is 13.3 Å². The Kier molecular flexibility index (Phi) is 4.21. The Morgan fingerprint density at radius 2 is 2.14 bits per heavy atom. The summed E-state index contributed by atoms with van der Waals surface area (Å²) in [5, 5.41) is 3.38. The van der Waals surface area contributed by atoms with Crippen LogP contribution in [0.2, 0.25) is 0 Å². The lowest BCUT2D eigenvalue weighted by Gasteiger charge is -2.01. The van der Waals surface area contributed by atoms with Crippen LogP contribution in [-0.2, 0) is 17.9 Å². The maximum absolute atomic E-state index is 8.56. The van der Waals surface area contributed by atoms with E-state index in [-0.39, 0.29) is 0 Å². The molecule has 78 valence electrons. The van der Waals surface area contributed by atoms with Gasteiger partial charge in [-0.05, 0) is 18.1 Å². The van der Waals surface area contributed by atoms with Crippen molar-refractivity contribution in [3.63, 3.8) is 0 Å². The molecule has 1 aliphatic rings. The molecule has 2 N–H and O–H groups in total. The average molecular weight is 214 g/mol. The summed E-state index contributed by atoms with van der Waals surface area (Å²) in [5.41, 5.74) is 2.91. The lowest BCUT2D eigenvalue weighted by Crippen LogP contribution is -2.06. The number of benzene rings is 1. The largest absolute Gasteiger partial charge is 0.750 e. The molecular formula is C9H12NO3S-. The second-order valence-corrected chi connectivity index (χ2v) is 3.45. The van der Waals surface area contributed by atoms with Gasteiger partial charge in [-0.25, -0.2) is 4.21 Å². The first-order valence-electron chi connectivity index (χ1n) is 4.21. The van der Waals surface area contributed by atoms with Gasteiger partial charge in [-0.1, -0.05) is 24.3 Å². The number of hydrogen-bond acceptors (Lipinski definition) is 3. The van der Waals surface area contributed by atoms with Gasteiger partial charge in [0.15, 0.2) is 0 Å². The highest BCUT2D eigenvalue weighted by molar-refractivity contribution is 7.73. The predicted octanol–water partition coefficient (Wildman–Crippen LogP) is 1.19. The van der Waals surface area contributed by atoms with Gasteiger partial charge >= 0.3 is 0 Å². The molecule has 1 aliphatic heterocycles. The van der Waals surface area contributed by atoms with Gasteiger partial charge in [-0.2, -0.15) is 0 Å². The second-order valence-electron chi connectivity index (χ2n) is 3.02. The van der Waals surface area contributed by atoms with Crippen molar-refractivity contribution in [1.29, 1.82) is 0 Å². The minimum atomic E-state index is -2.86. The van der Waals surface area contributed by atoms with Gasteiger partial charge in [0, 0.05) is 12.6 Å². The van der Waals surface area contributed by atoms with E-state index in [1.54, 1.807) is 0 Å². The molecule has 0 saturated carbocycles. The molecule has 1 heterocycles. The second kappa shape index (κ2) is 5.21. The zero-order chi connectivity index (χ0) is 10.6. The molecule has 0 spiro atoms. The van der Waals surface area contributed by atoms with Crippen LogP contribution in [0.1, 0.15) is 24.1 Å². The van der Waals surface area contributed by atoms with Crippen LogP contribution in [-0.4, -0.2) is 13.3 Å². The standard InChI is InChI=1S/C9H11N.H2O3S/c1-7-9-5-3-2-4-8(9)6-10-7;1-4(2)3/h2-5,7,10H,6H2,1H3;(H2,1,2,3)/p-1. The molecule has 1 aromatic carbocycles. The summed E-state index contributed by atoms with van der Waals surface area (Å²) in [6, 6.07) is 9.13. The molecule has 0 radical (unpaired) electrons. The minimum absolute atomic E-state index is 0.552. The molecule has 14 heavy (non-hydrogen) atoms. The normalized spacial score (nSPS) is 20.6. The molecule has 0 bridgehead atoms. The number of hydrogen-bond donors (Lipinski definition) is 2. The SMILES string of the molecule is CC1NCc2ccccc21.O=S([O-])O. The van der Waals surface area contributed by atoms with Crippen LogP contribution < -0.4 is 5.32 Å².